The van der Waals surface area contributed by atoms with Crippen LogP contribution < -0.4 is 10.1 Å². The highest BCUT2D eigenvalue weighted by atomic mass is 16.5. The van der Waals surface area contributed by atoms with Crippen LogP contribution in [0.25, 0.3) is 6.08 Å². The average Bonchev–Trinajstić information content (AvgIpc) is 2.67. The lowest BCUT2D eigenvalue weighted by molar-refractivity contribution is -0.111. The Labute approximate surface area is 157 Å². The van der Waals surface area contributed by atoms with Crippen LogP contribution in [0.4, 0.5) is 5.69 Å². The van der Waals surface area contributed by atoms with Crippen LogP contribution in [-0.4, -0.2) is 12.5 Å². The van der Waals surface area contributed by atoms with Gasteiger partial charge in [0, 0.05) is 17.3 Å². The van der Waals surface area contributed by atoms with Crippen LogP contribution >= 0.6 is 0 Å². The monoisotopic (exact) mass is 351 g/mol. The zero-order valence-corrected chi connectivity index (χ0v) is 15.8. The summed E-state index contributed by atoms with van der Waals surface area (Å²) >= 11 is 0. The van der Waals surface area contributed by atoms with Crippen LogP contribution in [0, 0.1) is 0 Å². The third kappa shape index (κ3) is 6.75. The first-order chi connectivity index (χ1) is 12.7. The maximum atomic E-state index is 12.2. The second kappa shape index (κ2) is 11.1. The summed E-state index contributed by atoms with van der Waals surface area (Å²) < 4.78 is 5.79. The number of unbranched alkanes of at least 4 members (excludes halogenated alkanes) is 2. The Kier molecular flexibility index (Phi) is 8.47. The van der Waals surface area contributed by atoms with Crippen molar-refractivity contribution in [1.82, 2.24) is 0 Å². The highest BCUT2D eigenvalue weighted by Gasteiger charge is 2.02. The van der Waals surface area contributed by atoms with Crippen LogP contribution in [0.1, 0.15) is 50.7 Å². The lowest BCUT2D eigenvalue weighted by atomic mass is 10.1. The first-order valence-corrected chi connectivity index (χ1v) is 9.52. The van der Waals surface area contributed by atoms with E-state index in [2.05, 4.69) is 31.3 Å². The molecule has 2 rings (SSSR count). The Morgan fingerprint density at radius 2 is 1.73 bits per heavy atom. The van der Waals surface area contributed by atoms with Gasteiger partial charge in [-0.15, -0.1) is 0 Å². The summed E-state index contributed by atoms with van der Waals surface area (Å²) in [5, 5.41) is 2.90. The molecule has 0 aliphatic rings. The third-order valence-electron chi connectivity index (χ3n) is 4.13. The van der Waals surface area contributed by atoms with E-state index in [0.29, 0.717) is 6.61 Å². The van der Waals surface area contributed by atoms with E-state index >= 15 is 0 Å². The predicted molar refractivity (Wildman–Crippen MR) is 110 cm³/mol. The van der Waals surface area contributed by atoms with Crippen LogP contribution in [0.2, 0.25) is 0 Å². The first kappa shape index (κ1) is 19.8. The maximum Gasteiger partial charge on any atom is 0.248 e. The molecule has 0 aromatic heterocycles. The van der Waals surface area contributed by atoms with Gasteiger partial charge in [-0.2, -0.15) is 0 Å². The molecule has 0 unspecified atom stereocenters. The van der Waals surface area contributed by atoms with Gasteiger partial charge in [0.05, 0.1) is 6.61 Å². The van der Waals surface area contributed by atoms with E-state index in [4.69, 9.17) is 4.74 Å². The zero-order valence-electron chi connectivity index (χ0n) is 15.8. The Bertz CT molecular complexity index is 704. The molecule has 0 aliphatic heterocycles. The number of carbonyl (C=O) groups is 1. The van der Waals surface area contributed by atoms with Crippen molar-refractivity contribution in [2.75, 3.05) is 11.9 Å². The molecule has 1 amide bonds. The molecule has 0 spiro atoms. The smallest absolute Gasteiger partial charge is 0.248 e. The van der Waals surface area contributed by atoms with Gasteiger partial charge in [-0.3, -0.25) is 4.79 Å². The van der Waals surface area contributed by atoms with Crippen molar-refractivity contribution in [3.8, 4) is 5.75 Å². The van der Waals surface area contributed by atoms with Crippen LogP contribution in [0.5, 0.6) is 5.75 Å². The van der Waals surface area contributed by atoms with E-state index in [9.17, 15) is 4.79 Å². The van der Waals surface area contributed by atoms with Crippen molar-refractivity contribution >= 4 is 17.7 Å². The second-order valence-corrected chi connectivity index (χ2v) is 6.36. The summed E-state index contributed by atoms with van der Waals surface area (Å²) in [6, 6.07) is 15.8. The average molecular weight is 351 g/mol. The number of nitrogens with one attached hydrogen (secondary N) is 1. The number of para-hydroxylation sites is 1. The van der Waals surface area contributed by atoms with Crippen molar-refractivity contribution in [3.05, 3.63) is 65.7 Å². The number of hydrogen-bond donors (Lipinski definition) is 1. The van der Waals surface area contributed by atoms with Crippen LogP contribution in [0.3, 0.4) is 0 Å². The molecule has 0 fully saturated rings. The highest BCUT2D eigenvalue weighted by molar-refractivity contribution is 6.02. The first-order valence-electron chi connectivity index (χ1n) is 9.52. The van der Waals surface area contributed by atoms with Gasteiger partial charge in [0.2, 0.25) is 5.91 Å². The van der Waals surface area contributed by atoms with Gasteiger partial charge in [0.15, 0.2) is 0 Å². The van der Waals surface area contributed by atoms with Gasteiger partial charge in [-0.05, 0) is 49.1 Å². The molecule has 2 aromatic carbocycles. The van der Waals surface area contributed by atoms with E-state index in [1.54, 1.807) is 12.2 Å². The largest absolute Gasteiger partial charge is 0.493 e. The normalized spacial score (nSPS) is 10.8. The molecule has 0 saturated carbocycles. The Morgan fingerprint density at radius 1 is 1.00 bits per heavy atom. The molecular weight excluding hydrogens is 322 g/mol. The number of carbonyl (C=O) groups excluding carboxylic acids is 1. The van der Waals surface area contributed by atoms with E-state index < -0.39 is 0 Å². The van der Waals surface area contributed by atoms with Crippen LogP contribution in [0.15, 0.2) is 54.6 Å². The van der Waals surface area contributed by atoms with Crippen LogP contribution in [-0.2, 0) is 11.2 Å². The summed E-state index contributed by atoms with van der Waals surface area (Å²) in [5.74, 6) is 0.667. The molecule has 26 heavy (non-hydrogen) atoms. The number of anilines is 1. The number of benzene rings is 2. The Hall–Kier alpha value is -2.55. The molecular formula is C23H29NO2. The lowest BCUT2D eigenvalue weighted by Gasteiger charge is -2.08. The quantitative estimate of drug-likeness (QED) is 0.430. The van der Waals surface area contributed by atoms with Gasteiger partial charge >= 0.3 is 0 Å². The molecule has 0 aliphatic carbocycles. The zero-order chi connectivity index (χ0) is 18.6. The van der Waals surface area contributed by atoms with Crippen molar-refractivity contribution < 1.29 is 9.53 Å². The fraction of sp³-hybridized carbons (Fsp3) is 0.348. The van der Waals surface area contributed by atoms with Gasteiger partial charge in [-0.1, -0.05) is 57.0 Å². The summed E-state index contributed by atoms with van der Waals surface area (Å²) in [6.07, 6.45) is 8.92. The third-order valence-corrected chi connectivity index (χ3v) is 4.13. The van der Waals surface area contributed by atoms with Crippen molar-refractivity contribution in [3.63, 3.8) is 0 Å². The molecule has 2 aromatic rings. The van der Waals surface area contributed by atoms with Gasteiger partial charge < -0.3 is 10.1 Å². The molecule has 3 nitrogen and oxygen atoms in total. The lowest BCUT2D eigenvalue weighted by Crippen LogP contribution is -2.07. The summed E-state index contributed by atoms with van der Waals surface area (Å²) in [6.45, 7) is 5.02. The fourth-order valence-electron chi connectivity index (χ4n) is 2.56. The minimum Gasteiger partial charge on any atom is -0.493 e. The Balaban J connectivity index is 1.93. The topological polar surface area (TPSA) is 38.3 Å². The SMILES string of the molecule is CCCCOc1ccccc1/C=C/C(=O)Nc1ccc(CCCC)cc1. The molecule has 0 bridgehead atoms. The second-order valence-electron chi connectivity index (χ2n) is 6.36. The molecule has 0 heterocycles. The fourth-order valence-corrected chi connectivity index (χ4v) is 2.56. The molecule has 0 saturated heterocycles. The standard InChI is InChI=1S/C23H29NO2/c1-3-5-9-19-12-15-21(16-13-19)24-23(25)17-14-20-10-7-8-11-22(20)26-18-6-4-2/h7-8,10-17H,3-6,9,18H2,1-2H3,(H,24,25)/b17-14+. The van der Waals surface area contributed by atoms with Gasteiger partial charge in [0.25, 0.3) is 0 Å². The minimum atomic E-state index is -0.144. The number of ether oxygens (including phenoxy) is 1. The molecule has 0 radical (unpaired) electrons. The van der Waals surface area contributed by atoms with Crippen molar-refractivity contribution in [1.29, 1.82) is 0 Å². The summed E-state index contributed by atoms with van der Waals surface area (Å²) in [7, 11) is 0. The van der Waals surface area contributed by atoms with Crippen molar-refractivity contribution in [2.24, 2.45) is 0 Å². The summed E-state index contributed by atoms with van der Waals surface area (Å²) in [5.41, 5.74) is 3.03. The van der Waals surface area contributed by atoms with E-state index in [-0.39, 0.29) is 5.91 Å². The molecule has 0 atom stereocenters. The van der Waals surface area contributed by atoms with Gasteiger partial charge in [-0.25, -0.2) is 0 Å². The van der Waals surface area contributed by atoms with Crippen molar-refractivity contribution in [2.45, 2.75) is 46.0 Å². The predicted octanol–water partition coefficient (Wildman–Crippen LogP) is 5.86. The Morgan fingerprint density at radius 3 is 2.46 bits per heavy atom. The number of hydrogen-bond acceptors (Lipinski definition) is 2. The highest BCUT2D eigenvalue weighted by Crippen LogP contribution is 2.20. The minimum absolute atomic E-state index is 0.144. The van der Waals surface area contributed by atoms with Gasteiger partial charge in [0.1, 0.15) is 5.75 Å². The molecule has 1 N–H and O–H groups in total. The summed E-state index contributed by atoms with van der Waals surface area (Å²) in [4.78, 5) is 12.2. The molecule has 138 valence electrons. The van der Waals surface area contributed by atoms with E-state index in [0.717, 1.165) is 36.3 Å². The molecule has 3 heteroatoms. The van der Waals surface area contributed by atoms with E-state index in [1.807, 2.05) is 36.4 Å². The number of rotatable bonds is 10. The van der Waals surface area contributed by atoms with E-state index in [1.165, 1.54) is 18.4 Å². The number of aryl methyl sites for hydroxylation is 1. The maximum absolute atomic E-state index is 12.2. The number of amides is 1.